The van der Waals surface area contributed by atoms with Gasteiger partial charge in [-0.3, -0.25) is 4.90 Å². The standard InChI is InChI=1S/C15H24N2S/c1-5-17(9-13(4)15(16)18)10-14-7-11(2)6-12(3)8-14/h6-8,13H,5,9-10H2,1-4H3,(H2,16,18). The van der Waals surface area contributed by atoms with Crippen molar-refractivity contribution in [2.45, 2.75) is 34.2 Å². The minimum absolute atomic E-state index is 0.269. The van der Waals surface area contributed by atoms with Crippen molar-refractivity contribution in [1.29, 1.82) is 0 Å². The van der Waals surface area contributed by atoms with Crippen molar-refractivity contribution in [3.05, 3.63) is 34.9 Å². The Morgan fingerprint density at radius 2 is 1.83 bits per heavy atom. The SMILES string of the molecule is CCN(Cc1cc(C)cc(C)c1)CC(C)C(N)=S. The Morgan fingerprint density at radius 3 is 2.28 bits per heavy atom. The van der Waals surface area contributed by atoms with Gasteiger partial charge in [0.25, 0.3) is 0 Å². The molecule has 0 amide bonds. The summed E-state index contributed by atoms with van der Waals surface area (Å²) in [5, 5.41) is 0. The number of nitrogens with two attached hydrogens (primary N) is 1. The molecule has 0 aromatic heterocycles. The first-order chi connectivity index (χ1) is 8.42. The van der Waals surface area contributed by atoms with E-state index >= 15 is 0 Å². The van der Waals surface area contributed by atoms with Crippen LogP contribution in [0.3, 0.4) is 0 Å². The summed E-state index contributed by atoms with van der Waals surface area (Å²) < 4.78 is 0. The number of rotatable bonds is 6. The predicted molar refractivity (Wildman–Crippen MR) is 82.8 cm³/mol. The molecule has 1 aromatic rings. The average Bonchev–Trinajstić information content (AvgIpc) is 2.26. The lowest BCUT2D eigenvalue weighted by Crippen LogP contribution is -2.33. The fourth-order valence-corrected chi connectivity index (χ4v) is 2.28. The number of benzene rings is 1. The Bertz CT molecular complexity index is 395. The Kier molecular flexibility index (Phi) is 5.76. The molecule has 0 spiro atoms. The summed E-state index contributed by atoms with van der Waals surface area (Å²) in [7, 11) is 0. The lowest BCUT2D eigenvalue weighted by atomic mass is 10.1. The van der Waals surface area contributed by atoms with E-state index in [2.05, 4.69) is 50.8 Å². The van der Waals surface area contributed by atoms with E-state index < -0.39 is 0 Å². The summed E-state index contributed by atoms with van der Waals surface area (Å²) in [5.41, 5.74) is 9.70. The van der Waals surface area contributed by atoms with E-state index in [0.29, 0.717) is 4.99 Å². The first kappa shape index (κ1) is 15.1. The number of hydrogen-bond acceptors (Lipinski definition) is 2. The smallest absolute Gasteiger partial charge is 0.0768 e. The molecule has 1 atom stereocenters. The lowest BCUT2D eigenvalue weighted by molar-refractivity contribution is 0.264. The normalized spacial score (nSPS) is 12.7. The third-order valence-electron chi connectivity index (χ3n) is 3.15. The summed E-state index contributed by atoms with van der Waals surface area (Å²) in [5.74, 6) is 0.269. The quantitative estimate of drug-likeness (QED) is 0.801. The molecule has 0 aliphatic heterocycles. The lowest BCUT2D eigenvalue weighted by Gasteiger charge is -2.24. The highest BCUT2D eigenvalue weighted by molar-refractivity contribution is 7.80. The molecule has 1 rings (SSSR count). The monoisotopic (exact) mass is 264 g/mol. The Hall–Kier alpha value is -0.930. The van der Waals surface area contributed by atoms with Crippen molar-refractivity contribution in [3.8, 4) is 0 Å². The zero-order chi connectivity index (χ0) is 13.7. The highest BCUT2D eigenvalue weighted by Gasteiger charge is 2.11. The maximum atomic E-state index is 5.69. The highest BCUT2D eigenvalue weighted by Crippen LogP contribution is 2.12. The molecule has 0 fully saturated rings. The van der Waals surface area contributed by atoms with E-state index in [1.54, 1.807) is 0 Å². The van der Waals surface area contributed by atoms with E-state index in [0.717, 1.165) is 19.6 Å². The molecule has 0 saturated carbocycles. The summed E-state index contributed by atoms with van der Waals surface area (Å²) in [6.45, 7) is 11.5. The first-order valence-corrected chi connectivity index (χ1v) is 6.92. The van der Waals surface area contributed by atoms with Gasteiger partial charge in [0.05, 0.1) is 4.99 Å². The van der Waals surface area contributed by atoms with Crippen LogP contribution in [-0.2, 0) is 6.54 Å². The van der Waals surface area contributed by atoms with Gasteiger partial charge in [-0.1, -0.05) is 55.4 Å². The maximum absolute atomic E-state index is 5.69. The van der Waals surface area contributed by atoms with E-state index in [4.69, 9.17) is 18.0 Å². The Morgan fingerprint density at radius 1 is 1.28 bits per heavy atom. The van der Waals surface area contributed by atoms with Gasteiger partial charge in [0.2, 0.25) is 0 Å². The third-order valence-corrected chi connectivity index (χ3v) is 3.56. The third kappa shape index (κ3) is 4.75. The van der Waals surface area contributed by atoms with E-state index in [9.17, 15) is 0 Å². The zero-order valence-electron chi connectivity index (χ0n) is 11.9. The number of nitrogens with zero attached hydrogens (tertiary/aromatic N) is 1. The van der Waals surface area contributed by atoms with Crippen LogP contribution in [0.1, 0.15) is 30.5 Å². The molecule has 0 radical (unpaired) electrons. The van der Waals surface area contributed by atoms with Gasteiger partial charge in [0, 0.05) is 19.0 Å². The predicted octanol–water partition coefficient (Wildman–Crippen LogP) is 3.05. The van der Waals surface area contributed by atoms with Crippen LogP contribution in [-0.4, -0.2) is 23.0 Å². The van der Waals surface area contributed by atoms with Crippen LogP contribution in [0.15, 0.2) is 18.2 Å². The fourth-order valence-electron chi connectivity index (χ4n) is 2.20. The van der Waals surface area contributed by atoms with Gasteiger partial charge in [0.1, 0.15) is 0 Å². The molecule has 0 heterocycles. The molecule has 0 bridgehead atoms. The number of hydrogen-bond donors (Lipinski definition) is 1. The van der Waals surface area contributed by atoms with Crippen molar-refractivity contribution in [2.24, 2.45) is 11.7 Å². The van der Waals surface area contributed by atoms with Crippen molar-refractivity contribution in [2.75, 3.05) is 13.1 Å². The molecular formula is C15H24N2S. The molecule has 0 saturated heterocycles. The molecule has 0 aliphatic rings. The molecule has 1 aromatic carbocycles. The van der Waals surface area contributed by atoms with Crippen LogP contribution >= 0.6 is 12.2 Å². The molecule has 1 unspecified atom stereocenters. The summed E-state index contributed by atoms with van der Waals surface area (Å²) in [6, 6.07) is 6.71. The van der Waals surface area contributed by atoms with Gasteiger partial charge >= 0.3 is 0 Å². The van der Waals surface area contributed by atoms with Gasteiger partial charge < -0.3 is 5.73 Å². The van der Waals surface area contributed by atoms with Crippen LogP contribution in [0.5, 0.6) is 0 Å². The van der Waals surface area contributed by atoms with Gasteiger partial charge in [-0.15, -0.1) is 0 Å². The van der Waals surface area contributed by atoms with Crippen LogP contribution in [0.4, 0.5) is 0 Å². The van der Waals surface area contributed by atoms with Crippen molar-refractivity contribution in [1.82, 2.24) is 4.90 Å². The van der Waals surface area contributed by atoms with E-state index in [1.165, 1.54) is 16.7 Å². The van der Waals surface area contributed by atoms with Gasteiger partial charge in [0.15, 0.2) is 0 Å². The number of thiocarbonyl (C=S) groups is 1. The van der Waals surface area contributed by atoms with E-state index in [-0.39, 0.29) is 5.92 Å². The topological polar surface area (TPSA) is 29.3 Å². The van der Waals surface area contributed by atoms with Crippen LogP contribution < -0.4 is 5.73 Å². The second-order valence-electron chi connectivity index (χ2n) is 5.13. The van der Waals surface area contributed by atoms with Gasteiger partial charge in [-0.25, -0.2) is 0 Å². The van der Waals surface area contributed by atoms with Crippen molar-refractivity contribution in [3.63, 3.8) is 0 Å². The largest absolute Gasteiger partial charge is 0.393 e. The molecule has 100 valence electrons. The Balaban J connectivity index is 2.70. The van der Waals surface area contributed by atoms with Crippen LogP contribution in [0.25, 0.3) is 0 Å². The average molecular weight is 264 g/mol. The number of aryl methyl sites for hydroxylation is 2. The molecular weight excluding hydrogens is 240 g/mol. The second-order valence-corrected chi connectivity index (χ2v) is 5.60. The maximum Gasteiger partial charge on any atom is 0.0768 e. The summed E-state index contributed by atoms with van der Waals surface area (Å²) in [4.78, 5) is 2.99. The molecule has 2 nitrogen and oxygen atoms in total. The van der Waals surface area contributed by atoms with Gasteiger partial charge in [-0.2, -0.15) is 0 Å². The van der Waals surface area contributed by atoms with Crippen LogP contribution in [0.2, 0.25) is 0 Å². The first-order valence-electron chi connectivity index (χ1n) is 6.51. The Labute approximate surface area is 116 Å². The minimum atomic E-state index is 0.269. The van der Waals surface area contributed by atoms with Crippen molar-refractivity contribution >= 4 is 17.2 Å². The van der Waals surface area contributed by atoms with Gasteiger partial charge in [-0.05, 0) is 26.0 Å². The van der Waals surface area contributed by atoms with Crippen molar-refractivity contribution < 1.29 is 0 Å². The van der Waals surface area contributed by atoms with Crippen LogP contribution in [0, 0.1) is 19.8 Å². The molecule has 3 heteroatoms. The molecule has 18 heavy (non-hydrogen) atoms. The summed E-state index contributed by atoms with van der Waals surface area (Å²) in [6.07, 6.45) is 0. The zero-order valence-corrected chi connectivity index (χ0v) is 12.7. The highest BCUT2D eigenvalue weighted by atomic mass is 32.1. The summed E-state index contributed by atoms with van der Waals surface area (Å²) >= 11 is 5.04. The fraction of sp³-hybridized carbons (Fsp3) is 0.533. The second kappa shape index (κ2) is 6.86. The van der Waals surface area contributed by atoms with E-state index in [1.807, 2.05) is 0 Å². The molecule has 2 N–H and O–H groups in total. The molecule has 0 aliphatic carbocycles. The minimum Gasteiger partial charge on any atom is -0.393 e.